The molecule has 0 radical (unpaired) electrons. The van der Waals surface area contributed by atoms with Gasteiger partial charge in [0.25, 0.3) is 5.91 Å². The number of aromatic nitrogens is 2. The van der Waals surface area contributed by atoms with Crippen molar-refractivity contribution in [3.8, 4) is 0 Å². The highest BCUT2D eigenvalue weighted by molar-refractivity contribution is 5.93. The van der Waals surface area contributed by atoms with Gasteiger partial charge in [-0.05, 0) is 52.7 Å². The normalized spacial score (nSPS) is 20.3. The van der Waals surface area contributed by atoms with E-state index in [0.29, 0.717) is 5.65 Å². The number of amides is 1. The predicted octanol–water partition coefficient (Wildman–Crippen LogP) is 3.39. The Labute approximate surface area is 150 Å². The van der Waals surface area contributed by atoms with Crippen LogP contribution in [-0.2, 0) is 6.18 Å². The van der Waals surface area contributed by atoms with Gasteiger partial charge in [0.05, 0.1) is 11.8 Å². The molecule has 2 N–H and O–H groups in total. The maximum absolute atomic E-state index is 13.0. The third kappa shape index (κ3) is 3.85. The van der Waals surface area contributed by atoms with Crippen LogP contribution in [0.3, 0.4) is 0 Å². The molecular formula is C18H23F3N4O. The van der Waals surface area contributed by atoms with Crippen LogP contribution in [0.25, 0.3) is 5.65 Å². The smallest absolute Gasteiger partial charge is 0.348 e. The maximum atomic E-state index is 13.0. The second-order valence-electron chi connectivity index (χ2n) is 8.26. The highest BCUT2D eigenvalue weighted by Gasteiger charge is 2.38. The molecular weight excluding hydrogens is 345 g/mol. The van der Waals surface area contributed by atoms with Crippen LogP contribution in [0.1, 0.15) is 56.6 Å². The topological polar surface area (TPSA) is 58.4 Å². The van der Waals surface area contributed by atoms with Crippen LogP contribution in [0.4, 0.5) is 13.2 Å². The van der Waals surface area contributed by atoms with Gasteiger partial charge in [0.15, 0.2) is 0 Å². The number of nitrogens with one attached hydrogen (secondary N) is 2. The second-order valence-corrected chi connectivity index (χ2v) is 8.26. The number of hydrogen-bond acceptors (Lipinski definition) is 3. The van der Waals surface area contributed by atoms with Crippen molar-refractivity contribution in [2.45, 2.75) is 63.8 Å². The number of nitrogens with zero attached hydrogens (tertiary/aromatic N) is 2. The van der Waals surface area contributed by atoms with E-state index in [-0.39, 0.29) is 22.8 Å². The Bertz CT molecular complexity index is 823. The third-order valence-electron chi connectivity index (χ3n) is 4.59. The largest absolute Gasteiger partial charge is 0.417 e. The lowest BCUT2D eigenvalue weighted by atomic mass is 9.79. The summed E-state index contributed by atoms with van der Waals surface area (Å²) in [6.45, 7) is 8.27. The summed E-state index contributed by atoms with van der Waals surface area (Å²) in [5.41, 5.74) is -0.721. The summed E-state index contributed by atoms with van der Waals surface area (Å²) in [4.78, 5) is 16.7. The molecule has 0 spiro atoms. The summed E-state index contributed by atoms with van der Waals surface area (Å²) in [6.07, 6.45) is -0.801. The lowest BCUT2D eigenvalue weighted by Crippen LogP contribution is -2.62. The lowest BCUT2D eigenvalue weighted by Gasteiger charge is -2.46. The first-order chi connectivity index (χ1) is 11.9. The fraction of sp³-hybridized carbons (Fsp3) is 0.556. The number of halogens is 3. The van der Waals surface area contributed by atoms with E-state index < -0.39 is 17.6 Å². The van der Waals surface area contributed by atoms with Crippen LogP contribution in [0.15, 0.2) is 24.5 Å². The van der Waals surface area contributed by atoms with E-state index in [1.54, 1.807) is 0 Å². The van der Waals surface area contributed by atoms with Crippen LogP contribution < -0.4 is 10.6 Å². The molecule has 0 unspecified atom stereocenters. The third-order valence-corrected chi connectivity index (χ3v) is 4.59. The molecule has 2 aromatic rings. The van der Waals surface area contributed by atoms with Crippen molar-refractivity contribution in [1.82, 2.24) is 20.0 Å². The Kier molecular flexibility index (Phi) is 4.29. The van der Waals surface area contributed by atoms with Gasteiger partial charge in [-0.25, -0.2) is 4.98 Å². The monoisotopic (exact) mass is 368 g/mol. The molecule has 26 heavy (non-hydrogen) atoms. The van der Waals surface area contributed by atoms with Crippen LogP contribution >= 0.6 is 0 Å². The zero-order valence-corrected chi connectivity index (χ0v) is 15.2. The highest BCUT2D eigenvalue weighted by Crippen LogP contribution is 2.30. The lowest BCUT2D eigenvalue weighted by molar-refractivity contribution is -0.137. The van der Waals surface area contributed by atoms with E-state index in [9.17, 15) is 18.0 Å². The Morgan fingerprint density at radius 3 is 2.42 bits per heavy atom. The summed E-state index contributed by atoms with van der Waals surface area (Å²) in [5.74, 6) is -0.421. The van der Waals surface area contributed by atoms with Gasteiger partial charge < -0.3 is 10.6 Å². The Balaban J connectivity index is 1.86. The van der Waals surface area contributed by atoms with Crippen molar-refractivity contribution < 1.29 is 18.0 Å². The molecule has 3 heterocycles. The van der Waals surface area contributed by atoms with E-state index in [1.807, 2.05) is 0 Å². The molecule has 142 valence electrons. The number of hydrogen-bond donors (Lipinski definition) is 2. The quantitative estimate of drug-likeness (QED) is 0.854. The molecule has 5 nitrogen and oxygen atoms in total. The minimum Gasteiger partial charge on any atom is -0.348 e. The highest BCUT2D eigenvalue weighted by atomic mass is 19.4. The van der Waals surface area contributed by atoms with Crippen LogP contribution in [0, 0.1) is 0 Å². The molecule has 2 aromatic heterocycles. The summed E-state index contributed by atoms with van der Waals surface area (Å²) < 4.78 is 40.1. The zero-order valence-electron chi connectivity index (χ0n) is 15.2. The SMILES string of the molecule is CC1(C)CC(NC(=O)c2cnc3ccc(C(F)(F)F)cn23)CC(C)(C)N1. The van der Waals surface area contributed by atoms with Gasteiger partial charge >= 0.3 is 6.18 Å². The van der Waals surface area contributed by atoms with E-state index in [1.165, 1.54) is 16.7 Å². The average molecular weight is 368 g/mol. The number of imidazole rings is 1. The first kappa shape index (κ1) is 18.7. The van der Waals surface area contributed by atoms with Gasteiger partial charge in [-0.1, -0.05) is 0 Å². The Morgan fingerprint density at radius 1 is 1.23 bits per heavy atom. The van der Waals surface area contributed by atoms with Crippen molar-refractivity contribution in [2.24, 2.45) is 0 Å². The summed E-state index contributed by atoms with van der Waals surface area (Å²) in [5, 5.41) is 6.49. The minimum atomic E-state index is -4.48. The second kappa shape index (κ2) is 5.97. The van der Waals surface area contributed by atoms with E-state index in [4.69, 9.17) is 0 Å². The van der Waals surface area contributed by atoms with Gasteiger partial charge in [-0.2, -0.15) is 13.2 Å². The molecule has 0 aromatic carbocycles. The van der Waals surface area contributed by atoms with Gasteiger partial charge in [0, 0.05) is 23.3 Å². The number of carbonyl (C=O) groups excluding carboxylic acids is 1. The number of fused-ring (bicyclic) bond motifs is 1. The fourth-order valence-corrected chi connectivity index (χ4v) is 4.00. The summed E-state index contributed by atoms with van der Waals surface area (Å²) >= 11 is 0. The first-order valence-corrected chi connectivity index (χ1v) is 8.51. The average Bonchev–Trinajstić information content (AvgIpc) is 2.85. The number of rotatable bonds is 2. The number of piperidine rings is 1. The van der Waals surface area contributed by atoms with E-state index >= 15 is 0 Å². The zero-order chi connectivity index (χ0) is 19.3. The number of pyridine rings is 1. The van der Waals surface area contributed by atoms with Crippen molar-refractivity contribution in [1.29, 1.82) is 0 Å². The van der Waals surface area contributed by atoms with Crippen LogP contribution in [0.2, 0.25) is 0 Å². The van der Waals surface area contributed by atoms with Gasteiger partial charge in [-0.15, -0.1) is 0 Å². The van der Waals surface area contributed by atoms with E-state index in [0.717, 1.165) is 25.1 Å². The molecule has 1 amide bonds. The molecule has 1 aliphatic rings. The molecule has 1 aliphatic heterocycles. The minimum absolute atomic E-state index is 0.0786. The fourth-order valence-electron chi connectivity index (χ4n) is 4.00. The Morgan fingerprint density at radius 2 is 1.85 bits per heavy atom. The molecule has 0 aliphatic carbocycles. The van der Waals surface area contributed by atoms with Gasteiger partial charge in [-0.3, -0.25) is 9.20 Å². The van der Waals surface area contributed by atoms with Crippen LogP contribution in [-0.4, -0.2) is 32.4 Å². The number of carbonyl (C=O) groups is 1. The van der Waals surface area contributed by atoms with Crippen molar-refractivity contribution in [2.75, 3.05) is 0 Å². The summed E-state index contributed by atoms with van der Waals surface area (Å²) in [7, 11) is 0. The van der Waals surface area contributed by atoms with Crippen molar-refractivity contribution in [3.05, 3.63) is 35.8 Å². The van der Waals surface area contributed by atoms with E-state index in [2.05, 4.69) is 43.3 Å². The molecule has 0 atom stereocenters. The Hall–Kier alpha value is -2.09. The van der Waals surface area contributed by atoms with Crippen molar-refractivity contribution in [3.63, 3.8) is 0 Å². The molecule has 3 rings (SSSR count). The van der Waals surface area contributed by atoms with Crippen LogP contribution in [0.5, 0.6) is 0 Å². The van der Waals surface area contributed by atoms with Crippen molar-refractivity contribution >= 4 is 11.6 Å². The predicted molar refractivity (Wildman–Crippen MR) is 92.0 cm³/mol. The standard InChI is InChI=1S/C18H23F3N4O/c1-16(2)7-12(8-17(3,4)24-16)23-15(26)13-9-22-14-6-5-11(10-25(13)14)18(19,20)21/h5-6,9-10,12,24H,7-8H2,1-4H3,(H,23,26). The first-order valence-electron chi connectivity index (χ1n) is 8.51. The number of alkyl halides is 3. The molecule has 8 heteroatoms. The van der Waals surface area contributed by atoms with Gasteiger partial charge in [0.2, 0.25) is 0 Å². The van der Waals surface area contributed by atoms with Gasteiger partial charge in [0.1, 0.15) is 11.3 Å². The maximum Gasteiger partial charge on any atom is 0.417 e. The summed E-state index contributed by atoms with van der Waals surface area (Å²) in [6, 6.07) is 2.14. The molecule has 1 fully saturated rings. The molecule has 1 saturated heterocycles. The molecule has 0 bridgehead atoms. The molecule has 0 saturated carbocycles.